The van der Waals surface area contributed by atoms with Crippen molar-refractivity contribution in [3.8, 4) is 56.0 Å². The molecule has 24 bridgehead atoms. The third kappa shape index (κ3) is 13.8. The van der Waals surface area contributed by atoms with Gasteiger partial charge in [-0.05, 0) is 94.5 Å². The zero-order chi connectivity index (χ0) is 58.9. The van der Waals surface area contributed by atoms with Crippen molar-refractivity contribution in [2.75, 3.05) is 13.2 Å². The Labute approximate surface area is 516 Å². The van der Waals surface area contributed by atoms with Crippen LogP contribution in [0.25, 0.3) is 44.5 Å². The number of rotatable bonds is 9. The molecule has 4 aromatic carbocycles. The number of pyridine rings is 8. The number of nitrogens with zero attached hydrogens (tertiary/aromatic N) is 8. The number of unbranched alkanes of at least 4 members (excludes halogenated alkanes) is 3. The fourth-order valence-electron chi connectivity index (χ4n) is 12.0. The first-order valence-corrected chi connectivity index (χ1v) is 31.0. The predicted octanol–water partition coefficient (Wildman–Crippen LogP) is 10.7. The molecule has 12 aromatic rings. The van der Waals surface area contributed by atoms with E-state index in [4.69, 9.17) is 9.47 Å². The summed E-state index contributed by atoms with van der Waals surface area (Å²) in [7, 11) is 0. The van der Waals surface area contributed by atoms with Crippen molar-refractivity contribution in [3.05, 3.63) is 326 Å². The Hall–Kier alpha value is -10.3. The SMILES string of the molecule is c1cc2ccc1C[n+]1ccc(cc1)-c1cc[n+](cc1)Cc1ccc(c(OCCCCCCOc3cc4ccc3C[n+]3ccc(cc3)-c3cc[n+](cc3)Cc3ccc(cc3)C[n+]3ccc(cc3)-c3cc[n+](cc3)C4)c1)C[n+]1ccc(cc1)-c1cc[n+](cc1)C2. The van der Waals surface area contributed by atoms with E-state index in [1.165, 1.54) is 77.9 Å². The smallest absolute Gasteiger partial charge is 0.177 e. The van der Waals surface area contributed by atoms with Crippen LogP contribution in [0.4, 0.5) is 0 Å². The highest BCUT2D eigenvalue weighted by molar-refractivity contribution is 5.63. The van der Waals surface area contributed by atoms with Gasteiger partial charge in [0.05, 0.1) is 24.3 Å². The van der Waals surface area contributed by atoms with E-state index in [0.29, 0.717) is 26.3 Å². The van der Waals surface area contributed by atoms with Gasteiger partial charge in [0.25, 0.3) is 0 Å². The van der Waals surface area contributed by atoms with Gasteiger partial charge in [0.15, 0.2) is 152 Å². The molecule has 32 aliphatic heterocycles. The molecular weight excluding hydrogens is 1080 g/mol. The highest BCUT2D eigenvalue weighted by Gasteiger charge is 2.19. The summed E-state index contributed by atoms with van der Waals surface area (Å²) in [5.74, 6) is 1.88. The fraction of sp³-hybridized carbons (Fsp3) is 0.179. The van der Waals surface area contributed by atoms with Crippen molar-refractivity contribution in [2.24, 2.45) is 0 Å². The van der Waals surface area contributed by atoms with Crippen molar-refractivity contribution in [1.29, 1.82) is 0 Å². The van der Waals surface area contributed by atoms with Gasteiger partial charge in [-0.25, -0.2) is 36.5 Å². The maximum absolute atomic E-state index is 6.77. The minimum atomic E-state index is 0.643. The Balaban J connectivity index is 0.643. The average Bonchev–Trinajstić information content (AvgIpc) is 3.65. The lowest BCUT2D eigenvalue weighted by Crippen LogP contribution is -2.34. The zero-order valence-electron chi connectivity index (χ0n) is 49.9. The van der Waals surface area contributed by atoms with Crippen LogP contribution in [0, 0.1) is 0 Å². The van der Waals surface area contributed by atoms with Crippen LogP contribution in [0.3, 0.4) is 0 Å². The molecule has 10 heteroatoms. The van der Waals surface area contributed by atoms with Crippen molar-refractivity contribution in [1.82, 2.24) is 0 Å². The molecule has 0 N–H and O–H groups in total. The normalized spacial score (nSPS) is 12.7. The number of aromatic nitrogens is 8. The van der Waals surface area contributed by atoms with Crippen molar-refractivity contribution < 1.29 is 46.0 Å². The molecule has 10 nitrogen and oxygen atoms in total. The molecule has 44 rings (SSSR count). The van der Waals surface area contributed by atoms with E-state index in [9.17, 15) is 0 Å². The first kappa shape index (κ1) is 55.5. The van der Waals surface area contributed by atoms with Crippen LogP contribution in [-0.2, 0) is 52.4 Å². The van der Waals surface area contributed by atoms with Crippen LogP contribution in [0.2, 0.25) is 0 Å². The van der Waals surface area contributed by atoms with E-state index in [2.05, 4.69) is 318 Å². The summed E-state index contributed by atoms with van der Waals surface area (Å²) in [4.78, 5) is 0. The molecule has 430 valence electrons. The number of hydrogen-bond acceptors (Lipinski definition) is 2. The van der Waals surface area contributed by atoms with Crippen molar-refractivity contribution in [3.63, 3.8) is 0 Å². The second-order valence-corrected chi connectivity index (χ2v) is 23.7. The van der Waals surface area contributed by atoms with E-state index < -0.39 is 0 Å². The molecule has 0 aliphatic carbocycles. The van der Waals surface area contributed by atoms with E-state index in [-0.39, 0.29) is 0 Å². The van der Waals surface area contributed by atoms with Gasteiger partial charge in [0.2, 0.25) is 0 Å². The summed E-state index contributed by atoms with van der Waals surface area (Å²) < 4.78 is 31.5. The Kier molecular flexibility index (Phi) is 16.5. The molecule has 88 heavy (non-hydrogen) atoms. The minimum absolute atomic E-state index is 0.643. The molecule has 0 atom stereocenters. The monoisotopic (exact) mass is 1150 g/mol. The average molecular weight is 1160 g/mol. The summed E-state index contributed by atoms with van der Waals surface area (Å²) >= 11 is 0. The van der Waals surface area contributed by atoms with Gasteiger partial charge in [0.1, 0.15) is 11.5 Å². The molecular formula is C78H74N8O2+8. The van der Waals surface area contributed by atoms with Crippen LogP contribution >= 0.6 is 0 Å². The molecule has 0 fully saturated rings. The molecule has 32 aliphatic rings. The number of benzene rings is 4. The largest absolute Gasteiger partial charge is 0.493 e. The van der Waals surface area contributed by atoms with E-state index in [1.807, 2.05) is 0 Å². The van der Waals surface area contributed by atoms with E-state index in [1.54, 1.807) is 0 Å². The summed E-state index contributed by atoms with van der Waals surface area (Å²) in [6.45, 7) is 7.46. The lowest BCUT2D eigenvalue weighted by atomic mass is 10.1. The summed E-state index contributed by atoms with van der Waals surface area (Å²) in [6, 6.07) is 66.9. The van der Waals surface area contributed by atoms with Gasteiger partial charge in [0, 0.05) is 130 Å². The molecule has 0 saturated heterocycles. The molecule has 40 heterocycles. The van der Waals surface area contributed by atoms with Crippen LogP contribution in [0.1, 0.15) is 70.2 Å². The fourth-order valence-corrected chi connectivity index (χ4v) is 12.0. The third-order valence-electron chi connectivity index (χ3n) is 17.2. The third-order valence-corrected chi connectivity index (χ3v) is 17.2. The standard InChI is InChI=1S/C78H74N8O2/c1(3-49-87-77-51-65-13-15-75(77)59-85-45-29-73(30-46-85)69-21-37-81(38-22-69)55-63-9-5-61(6-10-63)53-79-33-17-67(18-34-79)71-25-41-83(57-65)42-26-71)2-4-50-88-78-52-66-14-16-76(78)60-86-47-31-74(32-48-86)70-23-39-82(40-24-70)56-64-11-7-62(8-12-64)54-80-35-19-68(20-36-80)72-27-43-84(58-66)44-28-72/h5-48,51-52H,1-4,49-50,53-60H2/q+8. The zero-order valence-corrected chi connectivity index (χ0v) is 49.9. The predicted molar refractivity (Wildman–Crippen MR) is 337 cm³/mol. The molecule has 0 spiro atoms. The van der Waals surface area contributed by atoms with Gasteiger partial charge in [-0.3, -0.25) is 0 Å². The topological polar surface area (TPSA) is 49.5 Å². The van der Waals surface area contributed by atoms with Gasteiger partial charge < -0.3 is 9.47 Å². The Morgan fingerprint density at radius 1 is 0.205 bits per heavy atom. The second kappa shape index (κ2) is 26.1. The molecule has 8 aromatic heterocycles. The quantitative estimate of drug-likeness (QED) is 0.107. The van der Waals surface area contributed by atoms with E-state index in [0.717, 1.165) is 87.6 Å². The van der Waals surface area contributed by atoms with Crippen molar-refractivity contribution >= 4 is 0 Å². The first-order valence-electron chi connectivity index (χ1n) is 31.0. The van der Waals surface area contributed by atoms with Crippen LogP contribution < -0.4 is 46.0 Å². The van der Waals surface area contributed by atoms with E-state index >= 15 is 0 Å². The van der Waals surface area contributed by atoms with Crippen LogP contribution in [0.15, 0.2) is 281 Å². The Morgan fingerprint density at radius 2 is 0.398 bits per heavy atom. The van der Waals surface area contributed by atoms with Gasteiger partial charge in [-0.1, -0.05) is 60.7 Å². The lowest BCUT2D eigenvalue weighted by Gasteiger charge is -2.13. The Bertz CT molecular complexity index is 4010. The first-order chi connectivity index (χ1) is 43.4. The lowest BCUT2D eigenvalue weighted by molar-refractivity contribution is -0.689. The van der Waals surface area contributed by atoms with Gasteiger partial charge >= 0.3 is 0 Å². The minimum Gasteiger partial charge on any atom is -0.493 e. The molecule has 0 radical (unpaired) electrons. The Morgan fingerprint density at radius 3 is 0.625 bits per heavy atom. The number of ether oxygens (including phenoxy) is 2. The maximum Gasteiger partial charge on any atom is 0.177 e. The van der Waals surface area contributed by atoms with Crippen LogP contribution in [-0.4, -0.2) is 13.2 Å². The van der Waals surface area contributed by atoms with Crippen molar-refractivity contribution in [2.45, 2.75) is 78.0 Å². The second-order valence-electron chi connectivity index (χ2n) is 23.7. The van der Waals surface area contributed by atoms with Gasteiger partial charge in [-0.15, -0.1) is 0 Å². The molecule has 0 saturated carbocycles. The number of hydrogen-bond donors (Lipinski definition) is 0. The molecule has 0 amide bonds. The van der Waals surface area contributed by atoms with Gasteiger partial charge in [-0.2, -0.15) is 0 Å². The highest BCUT2D eigenvalue weighted by atomic mass is 16.5. The highest BCUT2D eigenvalue weighted by Crippen LogP contribution is 2.26. The maximum atomic E-state index is 6.77. The molecule has 0 unspecified atom stereocenters. The summed E-state index contributed by atoms with van der Waals surface area (Å²) in [5.41, 5.74) is 19.4. The summed E-state index contributed by atoms with van der Waals surface area (Å²) in [5, 5.41) is 0. The summed E-state index contributed by atoms with van der Waals surface area (Å²) in [6.07, 6.45) is 38.9. The van der Waals surface area contributed by atoms with Crippen LogP contribution in [0.5, 0.6) is 11.5 Å².